The number of benzene rings is 1. The van der Waals surface area contributed by atoms with Crippen molar-refractivity contribution in [3.63, 3.8) is 0 Å². The van der Waals surface area contributed by atoms with Crippen molar-refractivity contribution < 1.29 is 14.3 Å². The molecule has 6 nitrogen and oxygen atoms in total. The molecule has 0 aliphatic heterocycles. The van der Waals surface area contributed by atoms with Crippen LogP contribution in [0.1, 0.15) is 10.4 Å². The zero-order valence-corrected chi connectivity index (χ0v) is 11.7. The molecule has 0 bridgehead atoms. The molecular formula is C15H19N3O3. The van der Waals surface area contributed by atoms with Crippen LogP contribution in [0.4, 0.5) is 0 Å². The highest BCUT2D eigenvalue weighted by Crippen LogP contribution is 2.13. The zero-order chi connectivity index (χ0) is 15.7. The summed E-state index contributed by atoms with van der Waals surface area (Å²) in [5.41, 5.74) is 2.39. The molecule has 0 saturated carbocycles. The lowest BCUT2D eigenvalue weighted by Gasteiger charge is -2.19. The quantitative estimate of drug-likeness (QED) is 0.322. The van der Waals surface area contributed by atoms with Gasteiger partial charge >= 0.3 is 0 Å². The van der Waals surface area contributed by atoms with Crippen molar-refractivity contribution in [3.8, 4) is 5.75 Å². The average molecular weight is 289 g/mol. The Morgan fingerprint density at radius 2 is 1.95 bits per heavy atom. The van der Waals surface area contributed by atoms with Crippen LogP contribution in [0.2, 0.25) is 0 Å². The molecule has 0 saturated heterocycles. The second kappa shape index (κ2) is 8.55. The first-order valence-corrected chi connectivity index (χ1v) is 6.35. The highest BCUT2D eigenvalue weighted by Gasteiger charge is 2.12. The predicted octanol–water partition coefficient (Wildman–Crippen LogP) is 0.869. The average Bonchev–Trinajstić information content (AvgIpc) is 2.51. The second-order valence-corrected chi connectivity index (χ2v) is 4.17. The van der Waals surface area contributed by atoms with E-state index in [4.69, 9.17) is 10.6 Å². The molecule has 1 rings (SSSR count). The summed E-state index contributed by atoms with van der Waals surface area (Å²) in [5.74, 6) is 4.87. The number of nitrogens with one attached hydrogen (secondary N) is 1. The van der Waals surface area contributed by atoms with Crippen molar-refractivity contribution in [3.05, 3.63) is 55.1 Å². The van der Waals surface area contributed by atoms with Gasteiger partial charge in [0.1, 0.15) is 5.75 Å². The molecule has 3 N–H and O–H groups in total. The van der Waals surface area contributed by atoms with E-state index in [1.165, 1.54) is 6.07 Å². The SMILES string of the molecule is C=CCN(CC=C)C(=O)COc1cccc(C(=O)NN)c1. The predicted molar refractivity (Wildman–Crippen MR) is 80.6 cm³/mol. The number of nitrogen functional groups attached to an aromatic ring is 1. The number of amides is 2. The molecule has 1 aromatic rings. The van der Waals surface area contributed by atoms with Gasteiger partial charge < -0.3 is 9.64 Å². The van der Waals surface area contributed by atoms with Crippen LogP contribution in [0.3, 0.4) is 0 Å². The first kappa shape index (κ1) is 16.5. The summed E-state index contributed by atoms with van der Waals surface area (Å²) in [4.78, 5) is 24.9. The summed E-state index contributed by atoms with van der Waals surface area (Å²) in [6.45, 7) is 7.91. The molecule has 0 aromatic heterocycles. The lowest BCUT2D eigenvalue weighted by Crippen LogP contribution is -2.35. The van der Waals surface area contributed by atoms with Crippen LogP contribution in [-0.4, -0.2) is 36.4 Å². The first-order valence-electron chi connectivity index (χ1n) is 6.35. The zero-order valence-electron chi connectivity index (χ0n) is 11.7. The van der Waals surface area contributed by atoms with Crippen LogP contribution < -0.4 is 16.0 Å². The van der Waals surface area contributed by atoms with Crippen LogP contribution >= 0.6 is 0 Å². The van der Waals surface area contributed by atoms with E-state index in [1.54, 1.807) is 35.3 Å². The number of carbonyl (C=O) groups excluding carboxylic acids is 2. The van der Waals surface area contributed by atoms with Crippen molar-refractivity contribution in [2.45, 2.75) is 0 Å². The number of hydrazine groups is 1. The van der Waals surface area contributed by atoms with Crippen LogP contribution in [0, 0.1) is 0 Å². The van der Waals surface area contributed by atoms with E-state index in [1.807, 2.05) is 5.43 Å². The Balaban J connectivity index is 2.65. The van der Waals surface area contributed by atoms with Crippen molar-refractivity contribution >= 4 is 11.8 Å². The number of carbonyl (C=O) groups is 2. The van der Waals surface area contributed by atoms with Crippen molar-refractivity contribution in [1.82, 2.24) is 10.3 Å². The maximum atomic E-state index is 12.0. The molecule has 21 heavy (non-hydrogen) atoms. The molecule has 0 aliphatic rings. The van der Waals surface area contributed by atoms with Crippen LogP contribution in [-0.2, 0) is 4.79 Å². The number of hydrogen-bond donors (Lipinski definition) is 2. The highest BCUT2D eigenvalue weighted by molar-refractivity contribution is 5.94. The maximum Gasteiger partial charge on any atom is 0.265 e. The lowest BCUT2D eigenvalue weighted by atomic mass is 10.2. The van der Waals surface area contributed by atoms with E-state index in [-0.39, 0.29) is 12.5 Å². The largest absolute Gasteiger partial charge is 0.484 e. The summed E-state index contributed by atoms with van der Waals surface area (Å²) < 4.78 is 5.40. The molecule has 2 amide bonds. The number of hydrogen-bond acceptors (Lipinski definition) is 4. The Hall–Kier alpha value is -2.60. The van der Waals surface area contributed by atoms with E-state index in [9.17, 15) is 9.59 Å². The maximum absolute atomic E-state index is 12.0. The summed E-state index contributed by atoms with van der Waals surface area (Å²) >= 11 is 0. The smallest absolute Gasteiger partial charge is 0.265 e. The monoisotopic (exact) mass is 289 g/mol. The third-order valence-electron chi connectivity index (χ3n) is 2.64. The molecule has 0 atom stereocenters. The summed E-state index contributed by atoms with van der Waals surface area (Å²) in [6.07, 6.45) is 3.27. The van der Waals surface area contributed by atoms with Gasteiger partial charge in [0.2, 0.25) is 0 Å². The number of nitrogens with two attached hydrogens (primary N) is 1. The molecule has 6 heteroatoms. The summed E-state index contributed by atoms with van der Waals surface area (Å²) in [5, 5.41) is 0. The summed E-state index contributed by atoms with van der Waals surface area (Å²) in [6, 6.07) is 6.42. The third kappa shape index (κ3) is 5.12. The Labute approximate surface area is 123 Å². The van der Waals surface area contributed by atoms with Gasteiger partial charge in [-0.25, -0.2) is 5.84 Å². The van der Waals surface area contributed by atoms with E-state index in [0.717, 1.165) is 0 Å². The van der Waals surface area contributed by atoms with Gasteiger partial charge in [-0.3, -0.25) is 15.0 Å². The van der Waals surface area contributed by atoms with Gasteiger partial charge in [-0.2, -0.15) is 0 Å². The van der Waals surface area contributed by atoms with Crippen LogP contribution in [0.5, 0.6) is 5.75 Å². The Kier molecular flexibility index (Phi) is 6.70. The van der Waals surface area contributed by atoms with Crippen molar-refractivity contribution in [1.29, 1.82) is 0 Å². The molecule has 0 spiro atoms. The number of nitrogens with zero attached hydrogens (tertiary/aromatic N) is 1. The lowest BCUT2D eigenvalue weighted by molar-refractivity contribution is -0.132. The van der Waals surface area contributed by atoms with E-state index in [0.29, 0.717) is 24.4 Å². The highest BCUT2D eigenvalue weighted by atomic mass is 16.5. The Morgan fingerprint density at radius 3 is 2.52 bits per heavy atom. The van der Waals surface area contributed by atoms with E-state index < -0.39 is 5.91 Å². The number of rotatable bonds is 8. The van der Waals surface area contributed by atoms with Gasteiger partial charge in [0.05, 0.1) is 0 Å². The Morgan fingerprint density at radius 1 is 1.29 bits per heavy atom. The fourth-order valence-electron chi connectivity index (χ4n) is 1.64. The standard InChI is InChI=1S/C15H19N3O3/c1-3-8-18(9-4-2)14(19)11-21-13-7-5-6-12(10-13)15(20)17-16/h3-7,10H,1-2,8-9,11,16H2,(H,17,20). The molecule has 0 aliphatic carbocycles. The number of ether oxygens (including phenoxy) is 1. The normalized spacial score (nSPS) is 9.57. The van der Waals surface area contributed by atoms with Crippen molar-refractivity contribution in [2.24, 2.45) is 5.84 Å². The van der Waals surface area contributed by atoms with E-state index >= 15 is 0 Å². The molecule has 0 fully saturated rings. The minimum Gasteiger partial charge on any atom is -0.484 e. The van der Waals surface area contributed by atoms with E-state index in [2.05, 4.69) is 13.2 Å². The van der Waals surface area contributed by atoms with Gasteiger partial charge in [0.15, 0.2) is 6.61 Å². The van der Waals surface area contributed by atoms with Gasteiger partial charge in [0.25, 0.3) is 11.8 Å². The van der Waals surface area contributed by atoms with Crippen LogP contribution in [0.15, 0.2) is 49.6 Å². The van der Waals surface area contributed by atoms with Gasteiger partial charge in [-0.1, -0.05) is 18.2 Å². The molecule has 1 aromatic carbocycles. The second-order valence-electron chi connectivity index (χ2n) is 4.17. The Bertz CT molecular complexity index is 519. The van der Waals surface area contributed by atoms with Gasteiger partial charge in [0, 0.05) is 18.7 Å². The van der Waals surface area contributed by atoms with Crippen molar-refractivity contribution in [2.75, 3.05) is 19.7 Å². The van der Waals surface area contributed by atoms with Gasteiger partial charge in [-0.15, -0.1) is 13.2 Å². The molecule has 0 heterocycles. The summed E-state index contributed by atoms with van der Waals surface area (Å²) in [7, 11) is 0. The topological polar surface area (TPSA) is 84.7 Å². The molecular weight excluding hydrogens is 270 g/mol. The fourth-order valence-corrected chi connectivity index (χ4v) is 1.64. The fraction of sp³-hybridized carbons (Fsp3) is 0.200. The minimum atomic E-state index is -0.424. The molecule has 112 valence electrons. The van der Waals surface area contributed by atoms with Crippen LogP contribution in [0.25, 0.3) is 0 Å². The molecule has 0 radical (unpaired) electrons. The third-order valence-corrected chi connectivity index (χ3v) is 2.64. The van der Waals surface area contributed by atoms with Gasteiger partial charge in [-0.05, 0) is 18.2 Å². The molecule has 0 unspecified atom stereocenters. The first-order chi connectivity index (χ1) is 10.1. The minimum absolute atomic E-state index is 0.130.